The van der Waals surface area contributed by atoms with Crippen molar-refractivity contribution >= 4 is 0 Å². The number of ether oxygens (including phenoxy) is 1. The number of benzene rings is 2. The highest BCUT2D eigenvalue weighted by molar-refractivity contribution is 5.39. The molecule has 1 saturated carbocycles. The normalized spacial score (nSPS) is 18.9. The van der Waals surface area contributed by atoms with Crippen molar-refractivity contribution < 1.29 is 31.1 Å². The number of nitriles is 1. The molecule has 0 aliphatic heterocycles. The quantitative estimate of drug-likeness (QED) is 0.401. The van der Waals surface area contributed by atoms with Gasteiger partial charge in [-0.1, -0.05) is 26.2 Å². The highest BCUT2D eigenvalue weighted by Gasteiger charge is 2.42. The van der Waals surface area contributed by atoms with Gasteiger partial charge in [0.05, 0.1) is 0 Å². The first-order valence-corrected chi connectivity index (χ1v) is 10.6. The number of hydrogen-bond acceptors (Lipinski definition) is 2. The summed E-state index contributed by atoms with van der Waals surface area (Å²) >= 11 is 0. The Labute approximate surface area is 182 Å². The summed E-state index contributed by atoms with van der Waals surface area (Å²) in [7, 11) is 0. The van der Waals surface area contributed by atoms with Crippen molar-refractivity contribution in [3.05, 3.63) is 64.2 Å². The zero-order chi connectivity index (χ0) is 23.5. The Kier molecular flexibility index (Phi) is 7.37. The van der Waals surface area contributed by atoms with E-state index in [1.807, 2.05) is 0 Å². The van der Waals surface area contributed by atoms with Crippen molar-refractivity contribution in [2.75, 3.05) is 0 Å². The molecular formula is C24H23F6NO. The molecule has 172 valence electrons. The number of halogens is 6. The van der Waals surface area contributed by atoms with Crippen molar-refractivity contribution in [2.45, 2.75) is 63.9 Å². The van der Waals surface area contributed by atoms with Crippen molar-refractivity contribution in [3.8, 4) is 11.8 Å². The third kappa shape index (κ3) is 5.20. The van der Waals surface area contributed by atoms with Crippen LogP contribution in [-0.4, -0.2) is 0 Å². The second kappa shape index (κ2) is 9.85. The van der Waals surface area contributed by atoms with Gasteiger partial charge in [0.25, 0.3) is 0 Å². The minimum absolute atomic E-state index is 0.123. The van der Waals surface area contributed by atoms with Crippen LogP contribution in [0.15, 0.2) is 24.3 Å². The van der Waals surface area contributed by atoms with Crippen LogP contribution in [0.4, 0.5) is 26.3 Å². The molecule has 0 atom stereocenters. The second-order valence-corrected chi connectivity index (χ2v) is 8.21. The van der Waals surface area contributed by atoms with E-state index in [-0.39, 0.29) is 5.92 Å². The lowest BCUT2D eigenvalue weighted by Crippen LogP contribution is -2.26. The standard InChI is InChI=1S/C24H23F6NO/c1-2-3-4-14-5-7-15(8-6-14)16-9-21(27)23(22(28)10-16)24(29,30)32-17-11-19(25)18(13-31)20(26)12-17/h9-12,14-15H,2-8H2,1H3/t14-,15-. The summed E-state index contributed by atoms with van der Waals surface area (Å²) in [6, 6.07) is 3.72. The number of alkyl halides is 2. The van der Waals surface area contributed by atoms with Gasteiger partial charge in [0.1, 0.15) is 46.2 Å². The summed E-state index contributed by atoms with van der Waals surface area (Å²) in [5.41, 5.74) is -2.31. The van der Waals surface area contributed by atoms with Crippen LogP contribution < -0.4 is 4.74 Å². The van der Waals surface area contributed by atoms with Gasteiger partial charge in [-0.25, -0.2) is 17.6 Å². The van der Waals surface area contributed by atoms with E-state index < -0.39 is 46.3 Å². The highest BCUT2D eigenvalue weighted by atomic mass is 19.3. The first kappa shape index (κ1) is 24.0. The van der Waals surface area contributed by atoms with Gasteiger partial charge in [-0.3, -0.25) is 0 Å². The summed E-state index contributed by atoms with van der Waals surface area (Å²) in [5, 5.41) is 8.64. The second-order valence-electron chi connectivity index (χ2n) is 8.21. The molecule has 0 unspecified atom stereocenters. The number of rotatable bonds is 7. The van der Waals surface area contributed by atoms with Gasteiger partial charge in [-0.05, 0) is 55.2 Å². The molecule has 0 radical (unpaired) electrons. The summed E-state index contributed by atoms with van der Waals surface area (Å²) in [4.78, 5) is 0. The van der Waals surface area contributed by atoms with Gasteiger partial charge < -0.3 is 4.74 Å². The Morgan fingerprint density at radius 1 is 0.938 bits per heavy atom. The van der Waals surface area contributed by atoms with Crippen LogP contribution in [0.1, 0.15) is 74.5 Å². The Morgan fingerprint density at radius 2 is 1.50 bits per heavy atom. The van der Waals surface area contributed by atoms with Gasteiger partial charge in [-0.2, -0.15) is 14.0 Å². The summed E-state index contributed by atoms with van der Waals surface area (Å²) in [5.74, 6) is -6.39. The lowest BCUT2D eigenvalue weighted by Gasteiger charge is -2.29. The average molecular weight is 455 g/mol. The highest BCUT2D eigenvalue weighted by Crippen LogP contribution is 2.41. The maximum absolute atomic E-state index is 14.6. The molecule has 32 heavy (non-hydrogen) atoms. The van der Waals surface area contributed by atoms with Gasteiger partial charge >= 0.3 is 6.11 Å². The van der Waals surface area contributed by atoms with Gasteiger partial charge in [0, 0.05) is 12.1 Å². The van der Waals surface area contributed by atoms with Crippen molar-refractivity contribution in [1.82, 2.24) is 0 Å². The van der Waals surface area contributed by atoms with E-state index >= 15 is 0 Å². The Hall–Kier alpha value is -2.69. The van der Waals surface area contributed by atoms with E-state index in [0.29, 0.717) is 23.6 Å². The molecule has 0 amide bonds. The fourth-order valence-corrected chi connectivity index (χ4v) is 4.30. The van der Waals surface area contributed by atoms with E-state index in [1.165, 1.54) is 6.07 Å². The predicted octanol–water partition coefficient (Wildman–Crippen LogP) is 7.71. The molecule has 2 nitrogen and oxygen atoms in total. The first-order valence-electron chi connectivity index (χ1n) is 10.6. The fourth-order valence-electron chi connectivity index (χ4n) is 4.30. The molecule has 1 aliphatic carbocycles. The maximum Gasteiger partial charge on any atom is 0.432 e. The smallest absolute Gasteiger partial charge is 0.429 e. The summed E-state index contributed by atoms with van der Waals surface area (Å²) in [6.45, 7) is 2.12. The van der Waals surface area contributed by atoms with Gasteiger partial charge in [0.2, 0.25) is 0 Å². The number of unbranched alkanes of at least 4 members (excludes halogenated alkanes) is 1. The first-order chi connectivity index (χ1) is 15.2. The lowest BCUT2D eigenvalue weighted by atomic mass is 9.77. The van der Waals surface area contributed by atoms with Crippen LogP contribution in [0.5, 0.6) is 5.75 Å². The van der Waals surface area contributed by atoms with Crippen LogP contribution in [0, 0.1) is 40.5 Å². The monoisotopic (exact) mass is 455 g/mol. The molecule has 0 saturated heterocycles. The van der Waals surface area contributed by atoms with Crippen LogP contribution in [0.3, 0.4) is 0 Å². The maximum atomic E-state index is 14.6. The van der Waals surface area contributed by atoms with E-state index in [4.69, 9.17) is 5.26 Å². The molecule has 1 fully saturated rings. The minimum Gasteiger partial charge on any atom is -0.429 e. The van der Waals surface area contributed by atoms with Crippen molar-refractivity contribution in [1.29, 1.82) is 5.26 Å². The molecule has 0 heterocycles. The zero-order valence-electron chi connectivity index (χ0n) is 17.5. The molecule has 2 aromatic carbocycles. The van der Waals surface area contributed by atoms with Crippen LogP contribution in [-0.2, 0) is 6.11 Å². The Balaban J connectivity index is 1.79. The summed E-state index contributed by atoms with van der Waals surface area (Å²) in [6.07, 6.45) is 2.12. The Bertz CT molecular complexity index is 962. The van der Waals surface area contributed by atoms with Gasteiger partial charge in [0.15, 0.2) is 0 Å². The third-order valence-electron chi connectivity index (χ3n) is 6.01. The molecule has 1 aliphatic rings. The average Bonchev–Trinajstić information content (AvgIpc) is 2.71. The molecule has 8 heteroatoms. The number of nitrogens with zero attached hydrogens (tertiary/aromatic N) is 1. The van der Waals surface area contributed by atoms with Crippen LogP contribution in [0.25, 0.3) is 0 Å². The van der Waals surface area contributed by atoms with Gasteiger partial charge in [-0.15, -0.1) is 0 Å². The largest absolute Gasteiger partial charge is 0.432 e. The minimum atomic E-state index is -4.53. The molecule has 0 aromatic heterocycles. The third-order valence-corrected chi connectivity index (χ3v) is 6.01. The van der Waals surface area contributed by atoms with E-state index in [9.17, 15) is 26.3 Å². The lowest BCUT2D eigenvalue weighted by molar-refractivity contribution is -0.189. The topological polar surface area (TPSA) is 33.0 Å². The molecular weight excluding hydrogens is 432 g/mol. The molecule has 0 spiro atoms. The van der Waals surface area contributed by atoms with E-state index in [0.717, 1.165) is 57.1 Å². The molecule has 0 N–H and O–H groups in total. The van der Waals surface area contributed by atoms with Crippen molar-refractivity contribution in [3.63, 3.8) is 0 Å². The molecule has 0 bridgehead atoms. The summed E-state index contributed by atoms with van der Waals surface area (Å²) < 4.78 is 89.8. The predicted molar refractivity (Wildman–Crippen MR) is 106 cm³/mol. The number of hydrogen-bond donors (Lipinski definition) is 0. The van der Waals surface area contributed by atoms with E-state index in [1.54, 1.807) is 0 Å². The SMILES string of the molecule is CCCC[C@H]1CC[C@H](c2cc(F)c(C(F)(F)Oc3cc(F)c(C#N)c(F)c3)c(F)c2)CC1. The van der Waals surface area contributed by atoms with E-state index in [2.05, 4.69) is 11.7 Å². The molecule has 3 rings (SSSR count). The zero-order valence-corrected chi connectivity index (χ0v) is 17.5. The Morgan fingerprint density at radius 3 is 2.00 bits per heavy atom. The van der Waals surface area contributed by atoms with Crippen LogP contribution >= 0.6 is 0 Å². The fraction of sp³-hybridized carbons (Fsp3) is 0.458. The van der Waals surface area contributed by atoms with Crippen LogP contribution in [0.2, 0.25) is 0 Å². The van der Waals surface area contributed by atoms with Crippen molar-refractivity contribution in [2.24, 2.45) is 5.92 Å². The molecule has 2 aromatic rings.